The first-order valence-corrected chi connectivity index (χ1v) is 4.52. The van der Waals surface area contributed by atoms with Gasteiger partial charge in [-0.15, -0.1) is 0 Å². The van der Waals surface area contributed by atoms with Gasteiger partial charge in [0.2, 0.25) is 0 Å². The summed E-state index contributed by atoms with van der Waals surface area (Å²) in [7, 11) is 2.92. The van der Waals surface area contributed by atoms with Crippen LogP contribution in [0.1, 0.15) is 34.1 Å². The molecule has 0 bridgehead atoms. The summed E-state index contributed by atoms with van der Waals surface area (Å²) in [5.41, 5.74) is -1.33. The number of rotatable bonds is 4. The van der Waals surface area contributed by atoms with Crippen LogP contribution < -0.4 is 0 Å². The quantitative estimate of drug-likeness (QED) is 0.631. The molecule has 4 nitrogen and oxygen atoms in total. The molecule has 0 heterocycles. The van der Waals surface area contributed by atoms with Crippen molar-refractivity contribution < 1.29 is 0 Å². The van der Waals surface area contributed by atoms with E-state index in [1.807, 2.05) is 13.8 Å². The minimum absolute atomic E-state index is 0.645. The first-order valence-electron chi connectivity index (χ1n) is 4.52. The molecule has 0 rings (SSSR count). The van der Waals surface area contributed by atoms with Crippen molar-refractivity contribution in [1.29, 1.82) is 0 Å². The van der Waals surface area contributed by atoms with Crippen LogP contribution in [0.5, 0.6) is 0 Å². The van der Waals surface area contributed by atoms with E-state index in [4.69, 9.17) is 0 Å². The number of hydrogen-bond acceptors (Lipinski definition) is 4. The van der Waals surface area contributed by atoms with E-state index >= 15 is 0 Å². The van der Waals surface area contributed by atoms with Gasteiger partial charge in [-0.1, -0.05) is 6.92 Å². The average molecular weight is 188 g/mol. The smallest absolute Gasteiger partial charge is 0.0230 e. The van der Waals surface area contributed by atoms with Gasteiger partial charge in [0, 0.05) is 11.1 Å². The number of likely N-dealkylation sites (N-methyl/N-ethyl adjacent to an activating group) is 2. The lowest BCUT2D eigenvalue weighted by atomic mass is 9.78. The molecule has 80 valence electrons. The Hall–Kier alpha value is -0.160. The van der Waals surface area contributed by atoms with Crippen molar-refractivity contribution in [2.45, 2.75) is 45.2 Å². The fraction of sp³-hybridized carbons (Fsp3) is 1.00. The van der Waals surface area contributed by atoms with Gasteiger partial charge in [0.25, 0.3) is 0 Å². The highest BCUT2D eigenvalue weighted by Gasteiger charge is 2.39. The lowest BCUT2D eigenvalue weighted by Gasteiger charge is -2.59. The molecule has 0 spiro atoms. The maximum absolute atomic E-state index is 11.4. The summed E-state index contributed by atoms with van der Waals surface area (Å²) in [6.07, 6.45) is 0.645. The van der Waals surface area contributed by atoms with Gasteiger partial charge in [-0.3, -0.25) is 0 Å². The van der Waals surface area contributed by atoms with Crippen molar-refractivity contribution >= 4 is 0 Å². The van der Waals surface area contributed by atoms with Crippen molar-refractivity contribution in [3.05, 3.63) is 10.4 Å². The van der Waals surface area contributed by atoms with Gasteiger partial charge in [-0.2, -0.15) is 0 Å². The monoisotopic (exact) mass is 188 g/mol. The average Bonchev–Trinajstić information content (AvgIpc) is 2.01. The molecule has 0 N–H and O–H groups in total. The molecule has 0 aromatic heterocycles. The standard InChI is InChI=1S/C9H20N2O2/c1-7-9(4,11(6)13)8(2,3)10(5)12/h7H2,1-6H3/q-2. The van der Waals surface area contributed by atoms with Crippen LogP contribution in [0.15, 0.2) is 0 Å². The second-order valence-corrected chi connectivity index (χ2v) is 4.18. The molecule has 0 aliphatic carbocycles. The molecular weight excluding hydrogens is 168 g/mol. The normalized spacial score (nSPS) is 18.0. The largest absolute Gasteiger partial charge is 0.785 e. The third kappa shape index (κ3) is 2.02. The molecule has 13 heavy (non-hydrogen) atoms. The first-order chi connectivity index (χ1) is 5.70. The molecule has 0 radical (unpaired) electrons. The van der Waals surface area contributed by atoms with Crippen LogP contribution in [0.2, 0.25) is 0 Å². The van der Waals surface area contributed by atoms with Crippen molar-refractivity contribution in [1.82, 2.24) is 10.1 Å². The number of hydroxylamine groups is 4. The van der Waals surface area contributed by atoms with Gasteiger partial charge < -0.3 is 20.5 Å². The lowest BCUT2D eigenvalue weighted by molar-refractivity contribution is 0.0212. The summed E-state index contributed by atoms with van der Waals surface area (Å²) in [5, 5.41) is 24.5. The SMILES string of the molecule is CCC(C)(N(C)[O-])C(C)(C)N(C)[O-]. The molecule has 0 aliphatic heterocycles. The highest BCUT2D eigenvalue weighted by Crippen LogP contribution is 2.33. The lowest BCUT2D eigenvalue weighted by Crippen LogP contribution is -2.62. The zero-order chi connectivity index (χ0) is 10.9. The van der Waals surface area contributed by atoms with E-state index in [9.17, 15) is 10.4 Å². The molecular formula is C9H20N2O2-2. The molecule has 1 atom stereocenters. The zero-order valence-electron chi connectivity index (χ0n) is 9.42. The Balaban J connectivity index is 4.95. The van der Waals surface area contributed by atoms with Gasteiger partial charge in [0.15, 0.2) is 0 Å². The molecule has 0 saturated heterocycles. The Labute approximate surface area is 80.7 Å². The van der Waals surface area contributed by atoms with Gasteiger partial charge in [-0.05, 0) is 41.3 Å². The van der Waals surface area contributed by atoms with Crippen molar-refractivity contribution in [3.8, 4) is 0 Å². The molecule has 0 aromatic carbocycles. The second kappa shape index (κ2) is 3.92. The molecule has 0 aliphatic rings. The third-order valence-electron chi connectivity index (χ3n) is 3.49. The van der Waals surface area contributed by atoms with Gasteiger partial charge >= 0.3 is 0 Å². The summed E-state index contributed by atoms with van der Waals surface area (Å²) in [6, 6.07) is 0. The Morgan fingerprint density at radius 3 is 1.46 bits per heavy atom. The molecule has 1 unspecified atom stereocenters. The molecule has 0 amide bonds. The van der Waals surface area contributed by atoms with Crippen LogP contribution >= 0.6 is 0 Å². The van der Waals surface area contributed by atoms with Crippen LogP contribution in [-0.4, -0.2) is 35.3 Å². The Kier molecular flexibility index (Phi) is 3.87. The fourth-order valence-electron chi connectivity index (χ4n) is 1.38. The zero-order valence-corrected chi connectivity index (χ0v) is 9.42. The maximum Gasteiger partial charge on any atom is 0.0230 e. The summed E-state index contributed by atoms with van der Waals surface area (Å²) in [5.74, 6) is 0. The molecule has 4 heteroatoms. The van der Waals surface area contributed by atoms with Crippen LogP contribution in [-0.2, 0) is 0 Å². The topological polar surface area (TPSA) is 52.6 Å². The van der Waals surface area contributed by atoms with E-state index < -0.39 is 11.1 Å². The van der Waals surface area contributed by atoms with Crippen molar-refractivity contribution in [2.24, 2.45) is 0 Å². The Morgan fingerprint density at radius 2 is 1.38 bits per heavy atom. The number of hydrogen-bond donors (Lipinski definition) is 0. The third-order valence-corrected chi connectivity index (χ3v) is 3.49. The summed E-state index contributed by atoms with van der Waals surface area (Å²) >= 11 is 0. The van der Waals surface area contributed by atoms with E-state index in [1.54, 1.807) is 13.8 Å². The van der Waals surface area contributed by atoms with Crippen molar-refractivity contribution in [2.75, 3.05) is 14.1 Å². The van der Waals surface area contributed by atoms with E-state index in [0.29, 0.717) is 6.42 Å². The first kappa shape index (κ1) is 12.8. The van der Waals surface area contributed by atoms with E-state index in [-0.39, 0.29) is 0 Å². The Morgan fingerprint density at radius 1 is 1.00 bits per heavy atom. The minimum atomic E-state index is -0.682. The minimum Gasteiger partial charge on any atom is -0.785 e. The predicted molar refractivity (Wildman–Crippen MR) is 55.0 cm³/mol. The van der Waals surface area contributed by atoms with Crippen LogP contribution in [0, 0.1) is 10.4 Å². The van der Waals surface area contributed by atoms with E-state index in [2.05, 4.69) is 0 Å². The summed E-state index contributed by atoms with van der Waals surface area (Å²) in [4.78, 5) is 0. The number of nitrogens with zero attached hydrogens (tertiary/aromatic N) is 2. The highest BCUT2D eigenvalue weighted by atomic mass is 16.5. The fourth-order valence-corrected chi connectivity index (χ4v) is 1.38. The Bertz CT molecular complexity index is 169. The predicted octanol–water partition coefficient (Wildman–Crippen LogP) is 1.79. The van der Waals surface area contributed by atoms with Crippen molar-refractivity contribution in [3.63, 3.8) is 0 Å². The maximum atomic E-state index is 11.4. The second-order valence-electron chi connectivity index (χ2n) is 4.18. The molecule has 0 aromatic rings. The molecule has 0 fully saturated rings. The highest BCUT2D eigenvalue weighted by molar-refractivity contribution is 5.03. The van der Waals surface area contributed by atoms with E-state index in [0.717, 1.165) is 10.1 Å². The van der Waals surface area contributed by atoms with Crippen LogP contribution in [0.3, 0.4) is 0 Å². The summed E-state index contributed by atoms with van der Waals surface area (Å²) < 4.78 is 0. The van der Waals surface area contributed by atoms with Crippen LogP contribution in [0.25, 0.3) is 0 Å². The van der Waals surface area contributed by atoms with E-state index in [1.165, 1.54) is 14.1 Å². The summed E-state index contributed by atoms with van der Waals surface area (Å²) in [6.45, 7) is 7.31. The van der Waals surface area contributed by atoms with Gasteiger partial charge in [0.05, 0.1) is 0 Å². The molecule has 0 saturated carbocycles. The van der Waals surface area contributed by atoms with Crippen LogP contribution in [0.4, 0.5) is 0 Å². The van der Waals surface area contributed by atoms with Gasteiger partial charge in [0.1, 0.15) is 0 Å². The van der Waals surface area contributed by atoms with Gasteiger partial charge in [-0.25, -0.2) is 0 Å².